The van der Waals surface area contributed by atoms with Crippen molar-refractivity contribution in [2.24, 2.45) is 11.1 Å². The third kappa shape index (κ3) is 18.0. The fourth-order valence-electron chi connectivity index (χ4n) is 7.18. The van der Waals surface area contributed by atoms with Crippen LogP contribution in [-0.2, 0) is 65.9 Å². The molecule has 5 rings (SSSR count). The van der Waals surface area contributed by atoms with Gasteiger partial charge in [-0.3, -0.25) is 19.5 Å². The zero-order valence-corrected chi connectivity index (χ0v) is 46.7. The lowest BCUT2D eigenvalue weighted by molar-refractivity contribution is -0.780. The summed E-state index contributed by atoms with van der Waals surface area (Å²) >= 11 is 0.873. The van der Waals surface area contributed by atoms with Crippen molar-refractivity contribution in [3.63, 3.8) is 0 Å². The zero-order valence-electron chi connectivity index (χ0n) is 45.1. The number of hydrogen-bond donors (Lipinski definition) is 5. The number of oxime groups is 1. The number of hydroxylamine groups is 2. The monoisotopic (exact) mass is 1110 g/mol. The van der Waals surface area contributed by atoms with E-state index in [2.05, 4.69) is 30.4 Å². The van der Waals surface area contributed by atoms with Gasteiger partial charge in [0.1, 0.15) is 52.6 Å². The number of rotatable bonds is 19. The van der Waals surface area contributed by atoms with Crippen LogP contribution in [-0.4, -0.2) is 152 Å². The van der Waals surface area contributed by atoms with Crippen LogP contribution in [0.4, 0.5) is 19.5 Å². The Labute approximate surface area is 445 Å². The van der Waals surface area contributed by atoms with Crippen LogP contribution in [0.2, 0.25) is 0 Å². The molecule has 3 aromatic rings. The fourth-order valence-corrected chi connectivity index (χ4v) is 8.32. The third-order valence-electron chi connectivity index (χ3n) is 10.5. The summed E-state index contributed by atoms with van der Waals surface area (Å²) in [6, 6.07) is 5.36. The molecule has 2 aliphatic rings. The van der Waals surface area contributed by atoms with Crippen molar-refractivity contribution in [3.05, 3.63) is 47.7 Å². The number of hydrogen-bond acceptors (Lipinski definition) is 19. The fraction of sp³-hybridized carbons (Fsp3) is 0.604. The average Bonchev–Trinajstić information content (AvgIpc) is 3.86. The quantitative estimate of drug-likeness (QED) is 0.0212. The smallest absolute Gasteiger partial charge is 0.418 e. The first-order chi connectivity index (χ1) is 34.8. The number of aromatic nitrogens is 3. The minimum absolute atomic E-state index is 0.0328. The number of anilines is 1. The molecule has 0 spiro atoms. The molecule has 2 aromatic heterocycles. The number of nitrogens with zero attached hydrogens (tertiary/aromatic N) is 6. The van der Waals surface area contributed by atoms with Crippen molar-refractivity contribution in [2.75, 3.05) is 31.6 Å². The van der Waals surface area contributed by atoms with Gasteiger partial charge in [0, 0.05) is 24.4 Å². The summed E-state index contributed by atoms with van der Waals surface area (Å²) in [6.07, 6.45) is -0.852. The summed E-state index contributed by atoms with van der Waals surface area (Å²) in [6.45, 7) is 24.0. The Balaban J connectivity index is 1.37. The molecule has 26 nitrogen and oxygen atoms in total. The number of aliphatic hydroxyl groups is 1. The number of benzene rings is 1. The largest absolute Gasteiger partial charge is 0.489 e. The van der Waals surface area contributed by atoms with Gasteiger partial charge < -0.3 is 49.2 Å². The maximum Gasteiger partial charge on any atom is 0.418 e. The van der Waals surface area contributed by atoms with Crippen LogP contribution in [0.15, 0.2) is 47.2 Å². The molecule has 3 unspecified atom stereocenters. The van der Waals surface area contributed by atoms with E-state index in [4.69, 9.17) is 28.5 Å². The Morgan fingerprint density at radius 3 is 2.04 bits per heavy atom. The van der Waals surface area contributed by atoms with Crippen LogP contribution >= 0.6 is 11.3 Å². The highest BCUT2D eigenvalue weighted by Gasteiger charge is 2.58. The SMILES string of the molecule is CC(C)(C)OC(=O)NCC(O)C[n+]1cc(-c2ccc(OCC(O/N=C(\C(=O)NC3C(=O)N(OS(=O)(=O)O)C3(C)C)c3csc(NC(=O)OC(C)(C)C)n3)C(=O)OC(C)(C)C)cc2)cn1CC1CN(C(=O)OC(C)(C)C)C1. The molecule has 76 heavy (non-hydrogen) atoms. The normalized spacial score (nSPS) is 17.1. The first kappa shape index (κ1) is 60.2. The van der Waals surface area contributed by atoms with Gasteiger partial charge in [-0.2, -0.15) is 18.2 Å². The van der Waals surface area contributed by atoms with Gasteiger partial charge >= 0.3 is 34.6 Å². The maximum absolute atomic E-state index is 14.0. The van der Waals surface area contributed by atoms with E-state index in [1.807, 2.05) is 21.8 Å². The van der Waals surface area contributed by atoms with Crippen LogP contribution in [0.25, 0.3) is 11.1 Å². The summed E-state index contributed by atoms with van der Waals surface area (Å²) < 4.78 is 68.0. The van der Waals surface area contributed by atoms with Crippen molar-refractivity contribution in [3.8, 4) is 16.9 Å². The second-order valence-electron chi connectivity index (χ2n) is 22.5. The molecule has 28 heteroatoms. The molecule has 0 aliphatic carbocycles. The predicted molar refractivity (Wildman–Crippen MR) is 272 cm³/mol. The second-order valence-corrected chi connectivity index (χ2v) is 24.4. The number of ether oxygens (including phenoxy) is 5. The average molecular weight is 1110 g/mol. The summed E-state index contributed by atoms with van der Waals surface area (Å²) in [5.41, 5.74) is -4.10. The van der Waals surface area contributed by atoms with Gasteiger partial charge in [0.25, 0.3) is 17.9 Å². The van der Waals surface area contributed by atoms with E-state index >= 15 is 0 Å². The molecule has 2 aliphatic heterocycles. The van der Waals surface area contributed by atoms with Gasteiger partial charge in [-0.05, 0) is 115 Å². The number of carbonyl (C=O) groups is 6. The Morgan fingerprint density at radius 2 is 1.47 bits per heavy atom. The molecule has 2 fully saturated rings. The molecule has 420 valence electrons. The van der Waals surface area contributed by atoms with Gasteiger partial charge in [0.15, 0.2) is 17.4 Å². The van der Waals surface area contributed by atoms with Gasteiger partial charge in [-0.1, -0.05) is 17.3 Å². The Kier molecular flexibility index (Phi) is 18.5. The molecule has 0 saturated carbocycles. The first-order valence-electron chi connectivity index (χ1n) is 24.1. The van der Waals surface area contributed by atoms with Crippen molar-refractivity contribution < 1.29 is 84.3 Å². The second kappa shape index (κ2) is 23.3. The maximum atomic E-state index is 14.0. The van der Waals surface area contributed by atoms with Crippen molar-refractivity contribution in [1.29, 1.82) is 0 Å². The number of alkyl carbamates (subject to hydrolysis) is 1. The van der Waals surface area contributed by atoms with E-state index in [1.165, 1.54) is 19.2 Å². The highest BCUT2D eigenvalue weighted by Crippen LogP contribution is 2.33. The van der Waals surface area contributed by atoms with E-state index in [0.717, 1.165) is 22.5 Å². The molecule has 3 atom stereocenters. The Bertz CT molecular complexity index is 2720. The van der Waals surface area contributed by atoms with Crippen molar-refractivity contribution >= 4 is 68.6 Å². The lowest BCUT2D eigenvalue weighted by atomic mass is 9.84. The van der Waals surface area contributed by atoms with E-state index in [1.54, 1.807) is 112 Å². The number of nitrogens with one attached hydrogen (secondary N) is 3. The minimum atomic E-state index is -5.12. The van der Waals surface area contributed by atoms with Gasteiger partial charge in [0.05, 0.1) is 30.4 Å². The molecule has 5 amide bonds. The lowest BCUT2D eigenvalue weighted by Gasteiger charge is -2.50. The number of carbonyl (C=O) groups excluding carboxylic acids is 6. The standard InChI is InChI=1S/C48H69N9O17S2/c1-44(2,3)69-39(61)34(73-53-35(33-27-75-40(50-33)52-42(63)71-46(7,8)9)37(59)51-36-38(60)57(48(36,13)14)74-76(65,66)67)26-68-32-17-15-29(16-18-32)30-23-55(22-28-20-54(21-28)43(64)72-47(10,11)12)56(24-30)25-31(58)19-49-41(62)70-45(4,5)6/h15-18,23-24,27-28,31,34,36,58H,19-22,25-26H2,1-14H3,(H3-,49,50,51,52,59,62,63,65,66,67)/p+1/b53-35-. The molecule has 1 aromatic carbocycles. The first-order valence-corrected chi connectivity index (χ1v) is 26.3. The lowest BCUT2D eigenvalue weighted by Crippen LogP contribution is -2.76. The number of aliphatic hydroxyl groups excluding tert-OH is 1. The van der Waals surface area contributed by atoms with E-state index in [0.29, 0.717) is 24.7 Å². The number of likely N-dealkylation sites (tertiary alicyclic amines) is 1. The van der Waals surface area contributed by atoms with E-state index in [-0.39, 0.29) is 35.6 Å². The van der Waals surface area contributed by atoms with Gasteiger partial charge in [-0.25, -0.2) is 24.2 Å². The Morgan fingerprint density at radius 1 is 0.882 bits per heavy atom. The van der Waals surface area contributed by atoms with Gasteiger partial charge in [-0.15, -0.1) is 20.3 Å². The van der Waals surface area contributed by atoms with Crippen LogP contribution in [0.3, 0.4) is 0 Å². The van der Waals surface area contributed by atoms with Crippen LogP contribution in [0, 0.1) is 5.92 Å². The van der Waals surface area contributed by atoms with Crippen LogP contribution in [0.1, 0.15) is 103 Å². The Hall–Kier alpha value is -6.62. The van der Waals surface area contributed by atoms with Crippen LogP contribution in [0.5, 0.6) is 5.75 Å². The predicted octanol–water partition coefficient (Wildman–Crippen LogP) is 4.35. The zero-order chi connectivity index (χ0) is 56.9. The van der Waals surface area contributed by atoms with E-state index in [9.17, 15) is 46.8 Å². The van der Waals surface area contributed by atoms with E-state index < -0.39 is 105 Å². The molecular formula is C48H70N9O17S2+. The molecule has 4 heterocycles. The van der Waals surface area contributed by atoms with Crippen molar-refractivity contribution in [1.82, 2.24) is 30.3 Å². The van der Waals surface area contributed by atoms with Crippen molar-refractivity contribution in [2.45, 2.75) is 156 Å². The number of amides is 5. The summed E-state index contributed by atoms with van der Waals surface area (Å²) in [5.74, 6) is -2.74. The highest BCUT2D eigenvalue weighted by atomic mass is 32.3. The highest BCUT2D eigenvalue weighted by molar-refractivity contribution is 7.80. The summed E-state index contributed by atoms with van der Waals surface area (Å²) in [7, 11) is -5.12. The molecule has 5 N–H and O–H groups in total. The minimum Gasteiger partial charge on any atom is -0.489 e. The number of esters is 1. The van der Waals surface area contributed by atoms with Crippen LogP contribution < -0.4 is 25.4 Å². The molecule has 2 saturated heterocycles. The third-order valence-corrected chi connectivity index (χ3v) is 11.6. The summed E-state index contributed by atoms with van der Waals surface area (Å²) in [5, 5.41) is 24.2. The summed E-state index contributed by atoms with van der Waals surface area (Å²) in [4.78, 5) is 89.8. The molecular weight excluding hydrogens is 1040 g/mol. The number of β-lactam (4-membered cyclic amide) rings is 1. The number of thiazole rings is 1. The molecule has 0 radical (unpaired) electrons. The molecule has 0 bridgehead atoms. The topological polar surface area (TPSA) is 318 Å². The van der Waals surface area contributed by atoms with Gasteiger partial charge in [0.2, 0.25) is 6.20 Å².